The summed E-state index contributed by atoms with van der Waals surface area (Å²) in [7, 11) is -5.24. The van der Waals surface area contributed by atoms with Crippen molar-refractivity contribution in [3.05, 3.63) is 0 Å². The molecule has 1 atom stereocenters. The number of carbonyl (C=O) groups is 1. The van der Waals surface area contributed by atoms with E-state index in [1.54, 1.807) is 0 Å². The lowest BCUT2D eigenvalue weighted by molar-refractivity contribution is -0.139. The largest absolute Gasteiger partial charge is 0.518 e. The Balaban J connectivity index is 5.46. The Morgan fingerprint density at radius 3 is 1.46 bits per heavy atom. The zero-order valence-corrected chi connectivity index (χ0v) is 20.9. The predicted octanol–water partition coefficient (Wildman–Crippen LogP) is 5.39. The van der Waals surface area contributed by atoms with E-state index in [-0.39, 0.29) is 22.0 Å². The summed E-state index contributed by atoms with van der Waals surface area (Å²) in [5, 5.41) is -0.121. The lowest BCUT2D eigenvalue weighted by Gasteiger charge is -2.48. The second-order valence-corrected chi connectivity index (χ2v) is 17.0. The fraction of sp³-hybridized carbons (Fsp3) is 0.947. The van der Waals surface area contributed by atoms with Crippen LogP contribution < -0.4 is 0 Å². The summed E-state index contributed by atoms with van der Waals surface area (Å²) in [5.41, 5.74) is 0. The molecule has 0 radical (unpaired) electrons. The van der Waals surface area contributed by atoms with Gasteiger partial charge in [-0.3, -0.25) is 4.79 Å². The average Bonchev–Trinajstić information content (AvgIpc) is 2.45. The van der Waals surface area contributed by atoms with Crippen LogP contribution in [-0.2, 0) is 22.5 Å². The lowest BCUT2D eigenvalue weighted by Crippen LogP contribution is -2.54. The molecular weight excluding hydrogens is 364 g/mol. The van der Waals surface area contributed by atoms with E-state index < -0.39 is 17.1 Å². The van der Waals surface area contributed by atoms with Crippen molar-refractivity contribution in [2.45, 2.75) is 91.9 Å². The van der Waals surface area contributed by atoms with Gasteiger partial charge in [0.2, 0.25) is 0 Å². The number of hydrogen-bond acceptors (Lipinski definition) is 5. The molecule has 156 valence electrons. The van der Waals surface area contributed by atoms with Gasteiger partial charge in [0.15, 0.2) is 0 Å². The Kier molecular flexibility index (Phi) is 9.74. The Bertz CT molecular complexity index is 409. The molecule has 0 aliphatic carbocycles. The van der Waals surface area contributed by atoms with Gasteiger partial charge in [-0.1, -0.05) is 48.5 Å². The molecule has 0 aliphatic heterocycles. The molecule has 0 aromatic rings. The van der Waals surface area contributed by atoms with Crippen LogP contribution in [0, 0.1) is 5.92 Å². The highest BCUT2D eigenvalue weighted by atomic mass is 28.4. The molecule has 7 heteroatoms. The van der Waals surface area contributed by atoms with Crippen LogP contribution in [0.25, 0.3) is 0 Å². The Hall–Kier alpha value is -0.216. The van der Waals surface area contributed by atoms with Crippen LogP contribution in [-0.4, -0.2) is 42.9 Å². The van der Waals surface area contributed by atoms with Crippen molar-refractivity contribution >= 4 is 23.1 Å². The van der Waals surface area contributed by atoms with E-state index in [9.17, 15) is 4.79 Å². The van der Waals surface area contributed by atoms with Gasteiger partial charge < -0.3 is 17.7 Å². The maximum Gasteiger partial charge on any atom is 0.501 e. The van der Waals surface area contributed by atoms with Gasteiger partial charge in [0.25, 0.3) is 14.3 Å². The summed E-state index contributed by atoms with van der Waals surface area (Å²) in [6, 6.07) is 0.445. The predicted molar refractivity (Wildman–Crippen MR) is 112 cm³/mol. The summed E-state index contributed by atoms with van der Waals surface area (Å²) in [6.07, 6.45) is 0. The molecule has 0 N–H and O–H groups in total. The molecule has 0 rings (SSSR count). The molecule has 0 aliphatic rings. The second-order valence-electron chi connectivity index (χ2n) is 9.04. The molecule has 0 saturated heterocycles. The van der Waals surface area contributed by atoms with Crippen LogP contribution in [0.2, 0.25) is 22.7 Å². The van der Waals surface area contributed by atoms with Crippen LogP contribution in [0.15, 0.2) is 0 Å². The van der Waals surface area contributed by atoms with Gasteiger partial charge >= 0.3 is 8.80 Å². The Morgan fingerprint density at radius 1 is 0.846 bits per heavy atom. The number of hydrogen-bond donors (Lipinski definition) is 0. The molecule has 0 aromatic heterocycles. The van der Waals surface area contributed by atoms with E-state index in [2.05, 4.69) is 48.1 Å². The SMILES string of the molecule is CCO[Si](CC(C)C(=O)O[Si](C)(C(C)(C)C)C(C)(C)C)(OCC)OCC. The van der Waals surface area contributed by atoms with Crippen molar-refractivity contribution in [3.63, 3.8) is 0 Å². The summed E-state index contributed by atoms with van der Waals surface area (Å²) >= 11 is 0. The Labute approximate surface area is 163 Å². The van der Waals surface area contributed by atoms with Crippen LogP contribution in [0.4, 0.5) is 0 Å². The normalized spacial score (nSPS) is 15.0. The van der Waals surface area contributed by atoms with Crippen molar-refractivity contribution in [1.82, 2.24) is 0 Å². The van der Waals surface area contributed by atoms with Gasteiger partial charge in [-0.25, -0.2) is 0 Å². The second kappa shape index (κ2) is 9.82. The Morgan fingerprint density at radius 2 is 1.19 bits per heavy atom. The first-order valence-electron chi connectivity index (χ1n) is 9.84. The third kappa shape index (κ3) is 6.44. The fourth-order valence-electron chi connectivity index (χ4n) is 3.15. The molecule has 1 unspecified atom stereocenters. The molecule has 0 bridgehead atoms. The van der Waals surface area contributed by atoms with E-state index >= 15 is 0 Å². The molecule has 0 heterocycles. The highest BCUT2D eigenvalue weighted by molar-refractivity contribution is 6.79. The zero-order valence-electron chi connectivity index (χ0n) is 18.9. The molecule has 5 nitrogen and oxygen atoms in total. The zero-order chi connectivity index (χ0) is 20.8. The maximum atomic E-state index is 13.0. The highest BCUT2D eigenvalue weighted by Gasteiger charge is 2.55. The molecule has 26 heavy (non-hydrogen) atoms. The van der Waals surface area contributed by atoms with Crippen LogP contribution >= 0.6 is 0 Å². The van der Waals surface area contributed by atoms with Crippen molar-refractivity contribution in [3.8, 4) is 0 Å². The minimum Gasteiger partial charge on any atom is -0.518 e. The molecule has 0 spiro atoms. The van der Waals surface area contributed by atoms with Gasteiger partial charge in [-0.15, -0.1) is 0 Å². The van der Waals surface area contributed by atoms with Gasteiger partial charge in [-0.2, -0.15) is 0 Å². The first-order chi connectivity index (χ1) is 11.7. The standard InChI is InChI=1S/C19H42O5Si2/c1-12-21-26(22-13-2,23-14-3)15-16(4)17(20)24-25(11,18(5,6)7)19(8,9)10/h16H,12-15H2,1-11H3. The van der Waals surface area contributed by atoms with E-state index in [1.165, 1.54) is 0 Å². The van der Waals surface area contributed by atoms with Crippen molar-refractivity contribution in [1.29, 1.82) is 0 Å². The number of carbonyl (C=O) groups excluding carboxylic acids is 1. The van der Waals surface area contributed by atoms with Gasteiger partial charge in [0, 0.05) is 25.9 Å². The first-order valence-corrected chi connectivity index (χ1v) is 14.2. The van der Waals surface area contributed by atoms with Crippen LogP contribution in [0.3, 0.4) is 0 Å². The molecular formula is C19H42O5Si2. The third-order valence-electron chi connectivity index (χ3n) is 5.22. The summed E-state index contributed by atoms with van der Waals surface area (Å²) in [5.74, 6) is -0.497. The van der Waals surface area contributed by atoms with Crippen LogP contribution in [0.1, 0.15) is 69.2 Å². The quantitative estimate of drug-likeness (QED) is 0.455. The minimum absolute atomic E-state index is 0.0606. The van der Waals surface area contributed by atoms with Crippen LogP contribution in [0.5, 0.6) is 0 Å². The fourth-order valence-corrected chi connectivity index (χ4v) is 9.46. The van der Waals surface area contributed by atoms with Crippen molar-refractivity contribution in [2.75, 3.05) is 19.8 Å². The summed E-state index contributed by atoms with van der Waals surface area (Å²) in [4.78, 5) is 13.0. The monoisotopic (exact) mass is 406 g/mol. The molecule has 0 aromatic carbocycles. The van der Waals surface area contributed by atoms with Gasteiger partial charge in [0.1, 0.15) is 0 Å². The number of rotatable bonds is 10. The smallest absolute Gasteiger partial charge is 0.501 e. The molecule has 0 amide bonds. The van der Waals surface area contributed by atoms with E-state index in [4.69, 9.17) is 17.7 Å². The van der Waals surface area contributed by atoms with E-state index in [0.717, 1.165) is 0 Å². The molecule has 0 fully saturated rings. The summed E-state index contributed by atoms with van der Waals surface area (Å²) < 4.78 is 23.9. The van der Waals surface area contributed by atoms with E-state index in [1.807, 2.05) is 27.7 Å². The van der Waals surface area contributed by atoms with Crippen molar-refractivity contribution in [2.24, 2.45) is 5.92 Å². The van der Waals surface area contributed by atoms with Gasteiger partial charge in [0.05, 0.1) is 5.92 Å². The lowest BCUT2D eigenvalue weighted by atomic mass is 10.2. The minimum atomic E-state index is -2.87. The first kappa shape index (κ1) is 25.8. The van der Waals surface area contributed by atoms with Gasteiger partial charge in [-0.05, 0) is 37.4 Å². The molecule has 0 saturated carbocycles. The summed E-state index contributed by atoms with van der Waals surface area (Å²) in [6.45, 7) is 24.3. The topological polar surface area (TPSA) is 54.0 Å². The third-order valence-corrected chi connectivity index (χ3v) is 14.9. The highest BCUT2D eigenvalue weighted by Crippen LogP contribution is 2.51. The van der Waals surface area contributed by atoms with Crippen molar-refractivity contribution < 1.29 is 22.5 Å². The van der Waals surface area contributed by atoms with E-state index in [0.29, 0.717) is 25.9 Å². The average molecular weight is 407 g/mol. The maximum absolute atomic E-state index is 13.0.